The van der Waals surface area contributed by atoms with Gasteiger partial charge in [-0.3, -0.25) is 14.3 Å². The molecule has 0 bridgehead atoms. The van der Waals surface area contributed by atoms with Gasteiger partial charge in [0, 0.05) is 41.7 Å². The summed E-state index contributed by atoms with van der Waals surface area (Å²) in [4.78, 5) is 33.3. The van der Waals surface area contributed by atoms with Crippen molar-refractivity contribution in [2.75, 3.05) is 11.6 Å². The van der Waals surface area contributed by atoms with E-state index in [9.17, 15) is 18.0 Å². The highest BCUT2D eigenvalue weighted by molar-refractivity contribution is 7.89. The van der Waals surface area contributed by atoms with Crippen LogP contribution in [0.2, 0.25) is 5.02 Å². The molecule has 1 amide bonds. The van der Waals surface area contributed by atoms with Crippen molar-refractivity contribution < 1.29 is 22.7 Å². The lowest BCUT2D eigenvalue weighted by atomic mass is 9.85. The summed E-state index contributed by atoms with van der Waals surface area (Å²) in [6.45, 7) is 0. The third-order valence-electron chi connectivity index (χ3n) is 6.73. The molecular weight excluding hydrogens is 540 g/mol. The fraction of sp³-hybridized carbons (Fsp3) is 0.250. The monoisotopic (exact) mass is 566 g/mol. The van der Waals surface area contributed by atoms with E-state index in [0.29, 0.717) is 59.3 Å². The molecule has 1 fully saturated rings. The second-order valence-corrected chi connectivity index (χ2v) is 11.8. The molecule has 3 N–H and O–H groups in total. The summed E-state index contributed by atoms with van der Waals surface area (Å²) < 4.78 is 30.7. The maximum absolute atomic E-state index is 13.6. The molecule has 1 aliphatic carbocycles. The lowest BCUT2D eigenvalue weighted by Crippen LogP contribution is -2.38. The summed E-state index contributed by atoms with van der Waals surface area (Å²) >= 11 is 6.52. The average molecular weight is 567 g/mol. The van der Waals surface area contributed by atoms with E-state index in [4.69, 9.17) is 16.3 Å². The summed E-state index contributed by atoms with van der Waals surface area (Å²) in [5, 5.41) is 4.42. The Labute approximate surface area is 231 Å². The number of carbonyl (C=O) groups excluding carboxylic acids is 2. The van der Waals surface area contributed by atoms with Gasteiger partial charge in [-0.15, -0.1) is 0 Å². The number of nitrogens with one attached hydrogen (secondary N) is 3. The third kappa shape index (κ3) is 6.23. The lowest BCUT2D eigenvalue weighted by Gasteiger charge is -2.29. The second kappa shape index (κ2) is 11.1. The number of H-pyrrole nitrogens is 1. The molecular formula is C28H27ClN4O5S. The van der Waals surface area contributed by atoms with Crippen molar-refractivity contribution in [1.82, 2.24) is 14.7 Å². The van der Waals surface area contributed by atoms with Gasteiger partial charge in [0.2, 0.25) is 15.9 Å². The number of anilines is 1. The van der Waals surface area contributed by atoms with Gasteiger partial charge < -0.3 is 15.0 Å². The number of ketones is 1. The van der Waals surface area contributed by atoms with E-state index in [2.05, 4.69) is 20.0 Å². The molecule has 0 unspecified atom stereocenters. The van der Waals surface area contributed by atoms with Crippen LogP contribution in [0.15, 0.2) is 67.0 Å². The summed E-state index contributed by atoms with van der Waals surface area (Å²) in [6.07, 6.45) is 6.72. The number of benzene rings is 2. The first-order chi connectivity index (χ1) is 18.7. The van der Waals surface area contributed by atoms with Gasteiger partial charge in [-0.1, -0.05) is 29.8 Å². The summed E-state index contributed by atoms with van der Waals surface area (Å²) in [6, 6.07) is 16.1. The molecule has 39 heavy (non-hydrogen) atoms. The maximum Gasteiger partial charge on any atom is 0.236 e. The zero-order chi connectivity index (χ0) is 27.6. The maximum atomic E-state index is 13.6. The predicted octanol–water partition coefficient (Wildman–Crippen LogP) is 5.29. The Balaban J connectivity index is 1.33. The number of fused-ring (bicyclic) bond motifs is 1. The van der Waals surface area contributed by atoms with Crippen molar-refractivity contribution in [1.29, 1.82) is 0 Å². The molecule has 9 nitrogen and oxygen atoms in total. The Morgan fingerprint density at radius 3 is 2.44 bits per heavy atom. The fourth-order valence-electron chi connectivity index (χ4n) is 4.86. The molecule has 5 rings (SSSR count). The van der Waals surface area contributed by atoms with Crippen molar-refractivity contribution in [3.63, 3.8) is 0 Å². The van der Waals surface area contributed by atoms with E-state index in [0.717, 1.165) is 11.9 Å². The SMILES string of the molecule is CS(=O)(=O)NC(=O)C1CCC(Nc2ccnc3[nH]cc(C(=O)c4ccc(Oc5ccccc5)cc4Cl)c23)CC1. The summed E-state index contributed by atoms with van der Waals surface area (Å²) in [7, 11) is -3.58. The van der Waals surface area contributed by atoms with Crippen LogP contribution in [0.25, 0.3) is 11.0 Å². The minimum Gasteiger partial charge on any atom is -0.457 e. The third-order valence-corrected chi connectivity index (χ3v) is 7.61. The number of carbonyl (C=O) groups is 2. The highest BCUT2D eigenvalue weighted by Gasteiger charge is 2.28. The van der Waals surface area contributed by atoms with Crippen molar-refractivity contribution in [3.05, 3.63) is 83.1 Å². The highest BCUT2D eigenvalue weighted by atomic mass is 35.5. The zero-order valence-electron chi connectivity index (χ0n) is 21.1. The summed E-state index contributed by atoms with van der Waals surface area (Å²) in [5.41, 5.74) is 2.07. The van der Waals surface area contributed by atoms with Crippen LogP contribution in [-0.4, -0.2) is 42.4 Å². The van der Waals surface area contributed by atoms with Crippen molar-refractivity contribution in [3.8, 4) is 11.5 Å². The number of aromatic nitrogens is 2. The number of pyridine rings is 1. The number of rotatable bonds is 8. The van der Waals surface area contributed by atoms with E-state index in [1.165, 1.54) is 0 Å². The van der Waals surface area contributed by atoms with Crippen molar-refractivity contribution >= 4 is 50.0 Å². The zero-order valence-corrected chi connectivity index (χ0v) is 22.7. The molecule has 0 radical (unpaired) electrons. The Morgan fingerprint density at radius 2 is 1.74 bits per heavy atom. The van der Waals surface area contributed by atoms with Gasteiger partial charge in [0.1, 0.15) is 17.1 Å². The van der Waals surface area contributed by atoms with Crippen LogP contribution in [0.5, 0.6) is 11.5 Å². The van der Waals surface area contributed by atoms with Gasteiger partial charge in [-0.2, -0.15) is 0 Å². The minimum absolute atomic E-state index is 0.0498. The number of nitrogens with zero attached hydrogens (tertiary/aromatic N) is 1. The quantitative estimate of drug-likeness (QED) is 0.247. The Morgan fingerprint density at radius 1 is 1.00 bits per heavy atom. The molecule has 4 aromatic rings. The van der Waals surface area contributed by atoms with E-state index in [1.54, 1.807) is 30.6 Å². The summed E-state index contributed by atoms with van der Waals surface area (Å²) in [5.74, 6) is 0.116. The lowest BCUT2D eigenvalue weighted by molar-refractivity contribution is -0.124. The van der Waals surface area contributed by atoms with E-state index >= 15 is 0 Å². The van der Waals surface area contributed by atoms with Crippen LogP contribution in [0.3, 0.4) is 0 Å². The molecule has 0 aliphatic heterocycles. The van der Waals surface area contributed by atoms with Crippen LogP contribution >= 0.6 is 11.6 Å². The van der Waals surface area contributed by atoms with Crippen molar-refractivity contribution in [2.45, 2.75) is 31.7 Å². The molecule has 1 saturated carbocycles. The molecule has 2 aromatic carbocycles. The van der Waals surface area contributed by atoms with E-state index in [-0.39, 0.29) is 22.8 Å². The first kappa shape index (κ1) is 26.7. The normalized spacial score (nSPS) is 17.5. The number of para-hydroxylation sites is 1. The fourth-order valence-corrected chi connectivity index (χ4v) is 5.64. The Hall–Kier alpha value is -3.89. The molecule has 11 heteroatoms. The molecule has 202 valence electrons. The smallest absolute Gasteiger partial charge is 0.236 e. The molecule has 2 aromatic heterocycles. The molecule has 1 aliphatic rings. The van der Waals surface area contributed by atoms with Gasteiger partial charge in [0.05, 0.1) is 22.2 Å². The van der Waals surface area contributed by atoms with Gasteiger partial charge in [0.15, 0.2) is 5.78 Å². The number of halogens is 1. The number of hydrogen-bond donors (Lipinski definition) is 3. The number of sulfonamides is 1. The first-order valence-corrected chi connectivity index (χ1v) is 14.8. The Kier molecular flexibility index (Phi) is 7.58. The number of aromatic amines is 1. The van der Waals surface area contributed by atoms with Gasteiger partial charge in [-0.25, -0.2) is 13.4 Å². The molecule has 0 saturated heterocycles. The van der Waals surface area contributed by atoms with Gasteiger partial charge in [-0.05, 0) is 56.0 Å². The number of ether oxygens (including phenoxy) is 1. The molecule has 2 heterocycles. The van der Waals surface area contributed by atoms with Gasteiger partial charge >= 0.3 is 0 Å². The highest BCUT2D eigenvalue weighted by Crippen LogP contribution is 2.34. The minimum atomic E-state index is -3.58. The molecule has 0 atom stereocenters. The van der Waals surface area contributed by atoms with Crippen LogP contribution in [0, 0.1) is 5.92 Å². The van der Waals surface area contributed by atoms with E-state index in [1.807, 2.05) is 36.4 Å². The van der Waals surface area contributed by atoms with E-state index < -0.39 is 15.9 Å². The van der Waals surface area contributed by atoms with Crippen LogP contribution in [0.4, 0.5) is 5.69 Å². The topological polar surface area (TPSA) is 130 Å². The van der Waals surface area contributed by atoms with Gasteiger partial charge in [0.25, 0.3) is 0 Å². The second-order valence-electron chi connectivity index (χ2n) is 9.60. The van der Waals surface area contributed by atoms with Crippen LogP contribution in [0.1, 0.15) is 41.6 Å². The first-order valence-electron chi connectivity index (χ1n) is 12.5. The molecule has 0 spiro atoms. The number of hydrogen-bond acceptors (Lipinski definition) is 7. The predicted molar refractivity (Wildman–Crippen MR) is 150 cm³/mol. The largest absolute Gasteiger partial charge is 0.457 e. The van der Waals surface area contributed by atoms with Crippen LogP contribution < -0.4 is 14.8 Å². The number of amides is 1. The van der Waals surface area contributed by atoms with Crippen LogP contribution in [-0.2, 0) is 14.8 Å². The average Bonchev–Trinajstić information content (AvgIpc) is 3.34. The standard InChI is InChI=1S/C28H27ClN4O5S/c1-39(36,37)33-28(35)17-7-9-18(10-8-17)32-24-13-14-30-27-25(24)22(16-31-27)26(34)21-12-11-20(15-23(21)29)38-19-5-3-2-4-6-19/h2-6,11-18H,7-10H2,1H3,(H,33,35)(H2,30,31,32). The Bertz CT molecular complexity index is 1630. The van der Waals surface area contributed by atoms with Crippen molar-refractivity contribution in [2.24, 2.45) is 5.92 Å².